The van der Waals surface area contributed by atoms with Crippen LogP contribution < -0.4 is 0 Å². The second kappa shape index (κ2) is 5.95. The number of alkyl halides is 1. The van der Waals surface area contributed by atoms with Crippen molar-refractivity contribution in [2.45, 2.75) is 0 Å². The molecule has 0 unspecified atom stereocenters. The molecule has 1 N–H and O–H groups in total. The van der Waals surface area contributed by atoms with Crippen LogP contribution in [-0.4, -0.2) is 17.0 Å². The van der Waals surface area contributed by atoms with E-state index in [1.54, 1.807) is 0 Å². The van der Waals surface area contributed by atoms with Gasteiger partial charge in [-0.2, -0.15) is 0 Å². The van der Waals surface area contributed by atoms with Gasteiger partial charge < -0.3 is 5.11 Å². The fourth-order valence-electron chi connectivity index (χ4n) is 0. The molecule has 0 amide bonds. The Morgan fingerprint density at radius 2 is 2.00 bits per heavy atom. The molecular weight excluding hydrogens is 230 g/mol. The summed E-state index contributed by atoms with van der Waals surface area (Å²) in [4.78, 5) is 9.24. The zero-order valence-corrected chi connectivity index (χ0v) is 7.40. The van der Waals surface area contributed by atoms with Gasteiger partial charge in [0, 0.05) is 35.6 Å². The van der Waals surface area contributed by atoms with Gasteiger partial charge in [-0.25, -0.2) is 0 Å². The molecule has 2 nitrogen and oxygen atoms in total. The third-order valence-electron chi connectivity index (χ3n) is 0.114. The van der Waals surface area contributed by atoms with Crippen LogP contribution in [0.3, 0.4) is 0 Å². The third-order valence-corrected chi connectivity index (χ3v) is 0.343. The number of aliphatic carboxylic acids is 1. The van der Waals surface area contributed by atoms with Gasteiger partial charge in [-0.3, -0.25) is 4.79 Å². The number of rotatable bonds is 1. The van der Waals surface area contributed by atoms with E-state index in [1.165, 1.54) is 0 Å². The number of carboxylic acids is 1. The molecule has 0 aliphatic carbocycles. The van der Waals surface area contributed by atoms with E-state index in [0.29, 0.717) is 0 Å². The Morgan fingerprint density at radius 3 is 2.00 bits per heavy atom. The second-order valence-corrected chi connectivity index (χ2v) is 0.795. The van der Waals surface area contributed by atoms with Gasteiger partial charge in [0.05, 0.1) is 0 Å². The zero-order valence-electron chi connectivity index (χ0n) is 3.02. The van der Waals surface area contributed by atoms with Crippen molar-refractivity contribution in [1.82, 2.24) is 0 Å². The Kier molecular flexibility index (Phi) is 9.97. The minimum Gasteiger partial charge on any atom is -0.480 e. The van der Waals surface area contributed by atoms with Crippen LogP contribution in [0.2, 0.25) is 0 Å². The maximum atomic E-state index is 9.24. The average molecular weight is 233 g/mol. The molecule has 0 aromatic rings. The third kappa shape index (κ3) is 8.88. The molecule has 0 fully saturated rings. The molecule has 0 rings (SSSR count). The van der Waals surface area contributed by atoms with Gasteiger partial charge >= 0.3 is 5.97 Å². The quantitative estimate of drug-likeness (QED) is 0.662. The minimum atomic E-state index is -0.980. The average Bonchev–Trinajstić information content (AvgIpc) is 1.38. The molecular formula is C2H3ClLaO2. The summed E-state index contributed by atoms with van der Waals surface area (Å²) < 4.78 is 0. The van der Waals surface area contributed by atoms with Crippen LogP contribution in [0.4, 0.5) is 0 Å². The van der Waals surface area contributed by atoms with Gasteiger partial charge in [0.15, 0.2) is 0 Å². The maximum Gasteiger partial charge on any atom is 0.318 e. The molecule has 0 aromatic carbocycles. The largest absolute Gasteiger partial charge is 0.480 e. The van der Waals surface area contributed by atoms with Crippen molar-refractivity contribution in [1.29, 1.82) is 0 Å². The summed E-state index contributed by atoms with van der Waals surface area (Å²) in [6.45, 7) is 0. The van der Waals surface area contributed by atoms with Crippen molar-refractivity contribution in [3.63, 3.8) is 0 Å². The topological polar surface area (TPSA) is 37.3 Å². The summed E-state index contributed by atoms with van der Waals surface area (Å²) in [7, 11) is 0. The number of carboxylic acid groups (broad SMARTS) is 1. The first-order valence-electron chi connectivity index (χ1n) is 1.05. The monoisotopic (exact) mass is 233 g/mol. The van der Waals surface area contributed by atoms with Crippen molar-refractivity contribution >= 4 is 17.6 Å². The van der Waals surface area contributed by atoms with E-state index >= 15 is 0 Å². The Bertz CT molecular complexity index is 46.8. The molecule has 0 bridgehead atoms. The normalized spacial score (nSPS) is 6.17. The first-order valence-corrected chi connectivity index (χ1v) is 1.58. The second-order valence-electron chi connectivity index (χ2n) is 0.527. The Hall–Kier alpha value is 0.955. The summed E-state index contributed by atoms with van der Waals surface area (Å²) >= 11 is 4.74. The van der Waals surface area contributed by atoms with Crippen molar-refractivity contribution in [2.75, 3.05) is 5.88 Å². The minimum absolute atomic E-state index is 0. The van der Waals surface area contributed by atoms with Crippen LogP contribution in [0, 0.1) is 35.6 Å². The fourth-order valence-corrected chi connectivity index (χ4v) is 0. The molecule has 0 spiro atoms. The Labute approximate surface area is 68.5 Å². The van der Waals surface area contributed by atoms with Gasteiger partial charge in [0.25, 0.3) is 0 Å². The predicted octanol–water partition coefficient (Wildman–Crippen LogP) is 0.310. The Morgan fingerprint density at radius 1 is 1.83 bits per heavy atom. The molecule has 1 radical (unpaired) electrons. The van der Waals surface area contributed by atoms with Crippen LogP contribution in [-0.2, 0) is 4.79 Å². The predicted molar refractivity (Wildman–Crippen MR) is 18.4 cm³/mol. The fraction of sp³-hybridized carbons (Fsp3) is 0.500. The zero-order chi connectivity index (χ0) is 4.28. The molecule has 6 heavy (non-hydrogen) atoms. The van der Waals surface area contributed by atoms with E-state index in [-0.39, 0.29) is 41.5 Å². The van der Waals surface area contributed by atoms with Gasteiger partial charge in [0.1, 0.15) is 5.88 Å². The first-order chi connectivity index (χ1) is 2.27. The molecule has 0 atom stereocenters. The smallest absolute Gasteiger partial charge is 0.318 e. The maximum absolute atomic E-state index is 9.24. The van der Waals surface area contributed by atoms with E-state index in [1.807, 2.05) is 0 Å². The van der Waals surface area contributed by atoms with Gasteiger partial charge in [0.2, 0.25) is 0 Å². The summed E-state index contributed by atoms with van der Waals surface area (Å²) in [5.41, 5.74) is 0. The van der Waals surface area contributed by atoms with E-state index in [0.717, 1.165) is 0 Å². The number of hydrogen-bond acceptors (Lipinski definition) is 1. The van der Waals surface area contributed by atoms with Gasteiger partial charge in [-0.1, -0.05) is 0 Å². The van der Waals surface area contributed by atoms with Crippen LogP contribution in [0.5, 0.6) is 0 Å². The number of hydrogen-bond donors (Lipinski definition) is 1. The van der Waals surface area contributed by atoms with Crippen LogP contribution in [0.1, 0.15) is 0 Å². The number of carbonyl (C=O) groups is 1. The molecule has 0 saturated heterocycles. The summed E-state index contributed by atoms with van der Waals surface area (Å²) in [6, 6.07) is 0. The van der Waals surface area contributed by atoms with Crippen molar-refractivity contribution in [2.24, 2.45) is 0 Å². The molecule has 0 heterocycles. The first kappa shape index (κ1) is 10.0. The van der Waals surface area contributed by atoms with Crippen molar-refractivity contribution < 1.29 is 45.5 Å². The van der Waals surface area contributed by atoms with Crippen molar-refractivity contribution in [3.8, 4) is 0 Å². The van der Waals surface area contributed by atoms with Gasteiger partial charge in [-0.15, -0.1) is 11.6 Å². The van der Waals surface area contributed by atoms with Crippen molar-refractivity contribution in [3.05, 3.63) is 0 Å². The Balaban J connectivity index is 0. The summed E-state index contributed by atoms with van der Waals surface area (Å²) in [5.74, 6) is -1.29. The molecule has 33 valence electrons. The summed E-state index contributed by atoms with van der Waals surface area (Å²) in [6.07, 6.45) is 0. The van der Waals surface area contributed by atoms with Crippen LogP contribution in [0.15, 0.2) is 0 Å². The molecule has 0 aliphatic heterocycles. The SMILES string of the molecule is O=C(O)CCl.[La]. The number of halogens is 1. The van der Waals surface area contributed by atoms with E-state index in [4.69, 9.17) is 16.7 Å². The van der Waals surface area contributed by atoms with Crippen LogP contribution in [0.25, 0.3) is 0 Å². The van der Waals surface area contributed by atoms with Gasteiger partial charge in [-0.05, 0) is 0 Å². The van der Waals surface area contributed by atoms with E-state index in [9.17, 15) is 4.79 Å². The standard InChI is InChI=1S/C2H3ClO2.La/c3-1-2(4)5;/h1H2,(H,4,5);. The summed E-state index contributed by atoms with van der Waals surface area (Å²) in [5, 5.41) is 7.59. The molecule has 0 aliphatic rings. The molecule has 0 aromatic heterocycles. The van der Waals surface area contributed by atoms with E-state index < -0.39 is 5.97 Å². The van der Waals surface area contributed by atoms with Crippen LogP contribution >= 0.6 is 11.6 Å². The molecule has 4 heteroatoms. The molecule has 0 saturated carbocycles. The van der Waals surface area contributed by atoms with E-state index in [2.05, 4.69) is 0 Å².